The van der Waals surface area contributed by atoms with E-state index in [4.69, 9.17) is 0 Å². The molecule has 1 atom stereocenters. The van der Waals surface area contributed by atoms with Crippen molar-refractivity contribution < 1.29 is 9.59 Å². The second-order valence-electron chi connectivity index (χ2n) is 8.65. The van der Waals surface area contributed by atoms with Crippen LogP contribution in [0.3, 0.4) is 0 Å². The number of carbonyl (C=O) groups excluding carboxylic acids is 2. The van der Waals surface area contributed by atoms with Crippen LogP contribution in [0.4, 0.5) is 4.79 Å². The normalized spacial score (nSPS) is 22.0. The van der Waals surface area contributed by atoms with E-state index in [0.29, 0.717) is 6.42 Å². The highest BCUT2D eigenvalue weighted by molar-refractivity contribution is 6.07. The molecule has 0 saturated carbocycles. The Morgan fingerprint density at radius 1 is 0.969 bits per heavy atom. The lowest BCUT2D eigenvalue weighted by atomic mass is 9.74. The second-order valence-corrected chi connectivity index (χ2v) is 8.65. The molecule has 1 unspecified atom stereocenters. The summed E-state index contributed by atoms with van der Waals surface area (Å²) in [7, 11) is 0. The smallest absolute Gasteiger partial charge is 0.322 e. The lowest BCUT2D eigenvalue weighted by molar-refractivity contribution is -0.126. The monoisotopic (exact) mass is 429 g/mol. The number of amides is 3. The first-order valence-electron chi connectivity index (χ1n) is 11.1. The van der Waals surface area contributed by atoms with Crippen LogP contribution >= 0.6 is 0 Å². The summed E-state index contributed by atoms with van der Waals surface area (Å²) in [5.74, 6) is 0.802. The minimum absolute atomic E-state index is 0.0907. The molecule has 164 valence electrons. The number of carbonyl (C=O) groups is 2. The second kappa shape index (κ2) is 8.59. The van der Waals surface area contributed by atoms with Gasteiger partial charge in [-0.1, -0.05) is 36.4 Å². The highest BCUT2D eigenvalue weighted by Crippen LogP contribution is 2.34. The number of imide groups is 1. The van der Waals surface area contributed by atoms with E-state index in [1.54, 1.807) is 6.20 Å². The largest absolute Gasteiger partial charge is 0.323 e. The predicted molar refractivity (Wildman–Crippen MR) is 121 cm³/mol. The molecule has 2 aliphatic rings. The van der Waals surface area contributed by atoms with Crippen molar-refractivity contribution in [2.24, 2.45) is 5.92 Å². The van der Waals surface area contributed by atoms with E-state index >= 15 is 0 Å². The number of piperidine rings is 1. The molecule has 7 heteroatoms. The van der Waals surface area contributed by atoms with E-state index in [0.717, 1.165) is 43.9 Å². The van der Waals surface area contributed by atoms with E-state index in [9.17, 15) is 9.59 Å². The number of rotatable bonds is 6. The van der Waals surface area contributed by atoms with E-state index in [1.165, 1.54) is 5.69 Å². The first kappa shape index (κ1) is 20.5. The van der Waals surface area contributed by atoms with Gasteiger partial charge in [0.25, 0.3) is 5.91 Å². The van der Waals surface area contributed by atoms with Crippen molar-refractivity contribution in [1.82, 2.24) is 25.1 Å². The Morgan fingerprint density at radius 2 is 1.75 bits per heavy atom. The standard InChI is InChI=1S/C25H27N5O2/c31-23-25(28-24(32)27-23,17-19-7-2-1-3-8-19)20-11-15-29(16-12-20)18-21-9-6-14-30(21)22-10-4-5-13-26-22/h1-10,13-14,20H,11-12,15-18H2,(H2,27,28,31,32). The minimum Gasteiger partial charge on any atom is -0.323 e. The number of likely N-dealkylation sites (tertiary alicyclic amines) is 1. The molecule has 0 spiro atoms. The lowest BCUT2D eigenvalue weighted by Crippen LogP contribution is -2.57. The molecule has 2 aliphatic heterocycles. The fraction of sp³-hybridized carbons (Fsp3) is 0.320. The molecule has 5 rings (SSSR count). The van der Waals surface area contributed by atoms with Gasteiger partial charge in [0.15, 0.2) is 0 Å². The summed E-state index contributed by atoms with van der Waals surface area (Å²) < 4.78 is 2.12. The zero-order valence-electron chi connectivity index (χ0n) is 17.9. The molecule has 7 nitrogen and oxygen atoms in total. The van der Waals surface area contributed by atoms with Crippen LogP contribution in [0.5, 0.6) is 0 Å². The molecule has 0 bridgehead atoms. The van der Waals surface area contributed by atoms with Crippen LogP contribution < -0.4 is 10.6 Å². The van der Waals surface area contributed by atoms with Gasteiger partial charge in [0.1, 0.15) is 11.4 Å². The summed E-state index contributed by atoms with van der Waals surface area (Å²) in [6.07, 6.45) is 6.06. The van der Waals surface area contributed by atoms with Gasteiger partial charge in [-0.2, -0.15) is 0 Å². The zero-order chi connectivity index (χ0) is 22.0. The van der Waals surface area contributed by atoms with Crippen molar-refractivity contribution in [3.05, 3.63) is 84.3 Å². The van der Waals surface area contributed by atoms with Crippen molar-refractivity contribution in [2.75, 3.05) is 13.1 Å². The summed E-state index contributed by atoms with van der Waals surface area (Å²) in [6.45, 7) is 2.57. The van der Waals surface area contributed by atoms with Gasteiger partial charge in [-0.05, 0) is 61.7 Å². The Bertz CT molecular complexity index is 1090. The minimum atomic E-state index is -0.876. The zero-order valence-corrected chi connectivity index (χ0v) is 17.9. The first-order valence-corrected chi connectivity index (χ1v) is 11.1. The number of hydrogen-bond donors (Lipinski definition) is 2. The Kier molecular flexibility index (Phi) is 5.49. The van der Waals surface area contributed by atoms with Crippen molar-refractivity contribution in [3.63, 3.8) is 0 Å². The Labute approximate surface area is 187 Å². The summed E-state index contributed by atoms with van der Waals surface area (Å²) in [4.78, 5) is 31.9. The topological polar surface area (TPSA) is 79.3 Å². The van der Waals surface area contributed by atoms with Crippen LogP contribution in [0.1, 0.15) is 24.1 Å². The Morgan fingerprint density at radius 3 is 2.44 bits per heavy atom. The summed E-state index contributed by atoms with van der Waals surface area (Å²) in [5.41, 5.74) is 1.37. The van der Waals surface area contributed by atoms with Crippen LogP contribution in [0, 0.1) is 5.92 Å². The van der Waals surface area contributed by atoms with Crippen LogP contribution in [0.15, 0.2) is 73.1 Å². The van der Waals surface area contributed by atoms with E-state index in [2.05, 4.69) is 31.2 Å². The van der Waals surface area contributed by atoms with Crippen molar-refractivity contribution in [1.29, 1.82) is 0 Å². The molecule has 32 heavy (non-hydrogen) atoms. The third-order valence-electron chi connectivity index (χ3n) is 6.69. The number of nitrogens with zero attached hydrogens (tertiary/aromatic N) is 3. The maximum Gasteiger partial charge on any atom is 0.322 e. The van der Waals surface area contributed by atoms with Gasteiger partial charge in [-0.3, -0.25) is 15.0 Å². The van der Waals surface area contributed by atoms with E-state index in [1.807, 2.05) is 60.8 Å². The molecule has 2 fully saturated rings. The lowest BCUT2D eigenvalue weighted by Gasteiger charge is -2.40. The molecule has 3 aromatic rings. The fourth-order valence-electron chi connectivity index (χ4n) is 5.06. The summed E-state index contributed by atoms with van der Waals surface area (Å²) in [6, 6.07) is 19.6. The van der Waals surface area contributed by atoms with Gasteiger partial charge in [0, 0.05) is 31.1 Å². The molecule has 4 heterocycles. The van der Waals surface area contributed by atoms with E-state index < -0.39 is 5.54 Å². The Hall–Kier alpha value is -3.45. The maximum absolute atomic E-state index is 12.9. The molecule has 3 amide bonds. The average Bonchev–Trinajstić information content (AvgIpc) is 3.39. The summed E-state index contributed by atoms with van der Waals surface area (Å²) in [5, 5.41) is 5.48. The number of hydrogen-bond acceptors (Lipinski definition) is 4. The predicted octanol–water partition coefficient (Wildman–Crippen LogP) is 2.91. The fourth-order valence-corrected chi connectivity index (χ4v) is 5.06. The first-order chi connectivity index (χ1) is 15.6. The van der Waals surface area contributed by atoms with Crippen molar-refractivity contribution in [3.8, 4) is 5.82 Å². The molecular weight excluding hydrogens is 402 g/mol. The van der Waals surface area contributed by atoms with Gasteiger partial charge in [0.05, 0.1) is 0 Å². The van der Waals surface area contributed by atoms with Gasteiger partial charge in [-0.15, -0.1) is 0 Å². The number of pyridine rings is 1. The quantitative estimate of drug-likeness (QED) is 0.591. The third-order valence-corrected chi connectivity index (χ3v) is 6.69. The maximum atomic E-state index is 12.9. The third kappa shape index (κ3) is 3.91. The van der Waals surface area contributed by atoms with Crippen molar-refractivity contribution >= 4 is 11.9 Å². The highest BCUT2D eigenvalue weighted by Gasteiger charge is 2.52. The Balaban J connectivity index is 1.29. The molecule has 1 aromatic carbocycles. The SMILES string of the molecule is O=C1NC(=O)C(Cc2ccccc2)(C2CCN(Cc3cccn3-c3ccccn3)CC2)N1. The number of nitrogens with one attached hydrogen (secondary N) is 2. The number of benzene rings is 1. The average molecular weight is 430 g/mol. The van der Waals surface area contributed by atoms with Crippen LogP contribution in [-0.2, 0) is 17.8 Å². The van der Waals surface area contributed by atoms with Crippen LogP contribution in [0.2, 0.25) is 0 Å². The van der Waals surface area contributed by atoms with E-state index in [-0.39, 0.29) is 17.9 Å². The van der Waals surface area contributed by atoms with Crippen LogP contribution in [0.25, 0.3) is 5.82 Å². The molecule has 2 N–H and O–H groups in total. The van der Waals surface area contributed by atoms with Gasteiger partial charge in [0.2, 0.25) is 0 Å². The van der Waals surface area contributed by atoms with Gasteiger partial charge >= 0.3 is 6.03 Å². The molecular formula is C25H27N5O2. The molecule has 0 radical (unpaired) electrons. The molecule has 2 saturated heterocycles. The van der Waals surface area contributed by atoms with Gasteiger partial charge < -0.3 is 9.88 Å². The molecule has 0 aliphatic carbocycles. The number of aromatic nitrogens is 2. The highest BCUT2D eigenvalue weighted by atomic mass is 16.2. The molecule has 2 aromatic heterocycles. The summed E-state index contributed by atoms with van der Waals surface area (Å²) >= 11 is 0. The van der Waals surface area contributed by atoms with Crippen LogP contribution in [-0.4, -0.2) is 45.0 Å². The van der Waals surface area contributed by atoms with Crippen molar-refractivity contribution in [2.45, 2.75) is 31.3 Å². The number of urea groups is 1. The van der Waals surface area contributed by atoms with Gasteiger partial charge in [-0.25, -0.2) is 9.78 Å².